The van der Waals surface area contributed by atoms with E-state index >= 15 is 0 Å². The molecule has 0 saturated carbocycles. The summed E-state index contributed by atoms with van der Waals surface area (Å²) >= 11 is 3.92. The third kappa shape index (κ3) is 7.47. The minimum Gasteiger partial charge on any atom is -0.490 e. The van der Waals surface area contributed by atoms with Crippen molar-refractivity contribution in [2.45, 2.75) is 24.9 Å². The second-order valence-electron chi connectivity index (χ2n) is 7.09. The number of carbonyl (C=O) groups is 1. The molecule has 6 nitrogen and oxygen atoms in total. The number of ether oxygens (including phenoxy) is 3. The number of hydrogen-bond donors (Lipinski definition) is 1. The molecule has 0 aromatic heterocycles. The zero-order chi connectivity index (χ0) is 23.5. The van der Waals surface area contributed by atoms with E-state index in [4.69, 9.17) is 14.2 Å². The van der Waals surface area contributed by atoms with Crippen molar-refractivity contribution in [1.29, 1.82) is 0 Å². The first kappa shape index (κ1) is 25.1. The zero-order valence-electron chi connectivity index (χ0n) is 19.0. The molecule has 33 heavy (non-hydrogen) atoms. The van der Waals surface area contributed by atoms with Crippen LogP contribution in [0.3, 0.4) is 0 Å². The van der Waals surface area contributed by atoms with E-state index in [0.29, 0.717) is 41.5 Å². The Morgan fingerprint density at radius 3 is 2.52 bits per heavy atom. The van der Waals surface area contributed by atoms with Gasteiger partial charge in [0.05, 0.1) is 24.0 Å². The van der Waals surface area contributed by atoms with E-state index < -0.39 is 0 Å². The van der Waals surface area contributed by atoms with Gasteiger partial charge in [-0.2, -0.15) is 5.10 Å². The SMILES string of the molecule is C=CCc1cc(/C=N\NC(=O)COc2ccc(C3SCCS3)cc2)cc(OCC)c1OCC. The number of hydrazone groups is 1. The van der Waals surface area contributed by atoms with Crippen LogP contribution in [-0.4, -0.2) is 43.4 Å². The first-order chi connectivity index (χ1) is 16.1. The van der Waals surface area contributed by atoms with Crippen LogP contribution in [0.2, 0.25) is 0 Å². The molecule has 0 bridgehead atoms. The number of carbonyl (C=O) groups excluding carboxylic acids is 1. The topological polar surface area (TPSA) is 69.2 Å². The van der Waals surface area contributed by atoms with Gasteiger partial charge in [-0.25, -0.2) is 5.43 Å². The molecule has 0 unspecified atom stereocenters. The van der Waals surface area contributed by atoms with Gasteiger partial charge >= 0.3 is 0 Å². The first-order valence-corrected chi connectivity index (χ1v) is 13.1. The summed E-state index contributed by atoms with van der Waals surface area (Å²) in [6.07, 6.45) is 4.02. The standard InChI is InChI=1S/C25H30N2O4S2/c1-4-7-20-14-18(15-22(29-5-2)24(20)30-6-3)16-26-27-23(28)17-31-21-10-8-19(9-11-21)25-32-12-13-33-25/h4,8-11,14-16,25H,1,5-7,12-13,17H2,2-3H3,(H,27,28)/b26-16-. The van der Waals surface area contributed by atoms with Crippen molar-refractivity contribution in [2.75, 3.05) is 31.3 Å². The third-order valence-corrected chi connectivity index (χ3v) is 7.76. The number of allylic oxidation sites excluding steroid dienone is 1. The van der Waals surface area contributed by atoms with Crippen molar-refractivity contribution in [3.63, 3.8) is 0 Å². The number of thioether (sulfide) groups is 2. The Balaban J connectivity index is 1.56. The van der Waals surface area contributed by atoms with E-state index in [9.17, 15) is 4.79 Å². The van der Waals surface area contributed by atoms with E-state index in [-0.39, 0.29) is 12.5 Å². The average molecular weight is 487 g/mol. The van der Waals surface area contributed by atoms with E-state index in [0.717, 1.165) is 11.1 Å². The Hall–Kier alpha value is -2.58. The summed E-state index contributed by atoms with van der Waals surface area (Å²) in [5, 5.41) is 4.07. The van der Waals surface area contributed by atoms with E-state index in [2.05, 4.69) is 29.2 Å². The highest BCUT2D eigenvalue weighted by Crippen LogP contribution is 2.45. The monoisotopic (exact) mass is 486 g/mol. The van der Waals surface area contributed by atoms with Gasteiger partial charge in [-0.3, -0.25) is 4.79 Å². The molecule has 8 heteroatoms. The fourth-order valence-electron chi connectivity index (χ4n) is 3.27. The summed E-state index contributed by atoms with van der Waals surface area (Å²) in [4.78, 5) is 12.1. The van der Waals surface area contributed by atoms with E-state index in [1.807, 2.05) is 67.7 Å². The molecule has 1 amide bonds. The molecule has 1 saturated heterocycles. The van der Waals surface area contributed by atoms with Crippen LogP contribution in [0.4, 0.5) is 0 Å². The Kier molecular flexibility index (Phi) is 10.0. The summed E-state index contributed by atoms with van der Waals surface area (Å²) in [5.41, 5.74) is 5.53. The minimum atomic E-state index is -0.334. The molecular formula is C25H30N2O4S2. The van der Waals surface area contributed by atoms with Gasteiger partial charge in [0.1, 0.15) is 5.75 Å². The van der Waals surface area contributed by atoms with Gasteiger partial charge in [-0.05, 0) is 55.7 Å². The van der Waals surface area contributed by atoms with Gasteiger partial charge in [-0.15, -0.1) is 30.1 Å². The second kappa shape index (κ2) is 13.2. The van der Waals surface area contributed by atoms with Crippen molar-refractivity contribution in [2.24, 2.45) is 5.10 Å². The smallest absolute Gasteiger partial charge is 0.277 e. The van der Waals surface area contributed by atoms with E-state index in [1.165, 1.54) is 17.1 Å². The largest absolute Gasteiger partial charge is 0.490 e. The van der Waals surface area contributed by atoms with Crippen LogP contribution in [0.5, 0.6) is 17.2 Å². The fraction of sp³-hybridized carbons (Fsp3) is 0.360. The fourth-order valence-corrected chi connectivity index (χ4v) is 6.13. The number of nitrogens with one attached hydrogen (secondary N) is 1. The van der Waals surface area contributed by atoms with Crippen molar-refractivity contribution < 1.29 is 19.0 Å². The van der Waals surface area contributed by atoms with Crippen LogP contribution in [0.1, 0.15) is 35.1 Å². The maximum Gasteiger partial charge on any atom is 0.277 e. The first-order valence-electron chi connectivity index (χ1n) is 11.0. The molecule has 176 valence electrons. The molecule has 0 spiro atoms. The normalized spacial score (nSPS) is 13.8. The van der Waals surface area contributed by atoms with Crippen LogP contribution < -0.4 is 19.6 Å². The molecule has 1 aliphatic heterocycles. The highest BCUT2D eigenvalue weighted by atomic mass is 32.2. The maximum absolute atomic E-state index is 12.1. The third-order valence-electron chi connectivity index (χ3n) is 4.65. The van der Waals surface area contributed by atoms with Crippen LogP contribution in [0.15, 0.2) is 54.2 Å². The molecule has 1 heterocycles. The highest BCUT2D eigenvalue weighted by Gasteiger charge is 2.18. The zero-order valence-corrected chi connectivity index (χ0v) is 20.7. The Labute approximate surface area is 204 Å². The predicted molar refractivity (Wildman–Crippen MR) is 138 cm³/mol. The lowest BCUT2D eigenvalue weighted by Gasteiger charge is -2.15. The Bertz CT molecular complexity index is 958. The van der Waals surface area contributed by atoms with Gasteiger partial charge in [0.15, 0.2) is 18.1 Å². The predicted octanol–water partition coefficient (Wildman–Crippen LogP) is 5.22. The van der Waals surface area contributed by atoms with Gasteiger partial charge < -0.3 is 14.2 Å². The molecule has 2 aromatic rings. The van der Waals surface area contributed by atoms with Crippen LogP contribution >= 0.6 is 23.5 Å². The Morgan fingerprint density at radius 1 is 1.12 bits per heavy atom. The van der Waals surface area contributed by atoms with Crippen molar-refractivity contribution in [3.8, 4) is 17.2 Å². The lowest BCUT2D eigenvalue weighted by Crippen LogP contribution is -2.24. The molecule has 1 N–H and O–H groups in total. The van der Waals surface area contributed by atoms with Crippen molar-refractivity contribution >= 4 is 35.6 Å². The van der Waals surface area contributed by atoms with Crippen molar-refractivity contribution in [1.82, 2.24) is 5.43 Å². The number of rotatable bonds is 12. The summed E-state index contributed by atoms with van der Waals surface area (Å²) < 4.78 is 17.6. The summed E-state index contributed by atoms with van der Waals surface area (Å²) in [6.45, 7) is 8.61. The summed E-state index contributed by atoms with van der Waals surface area (Å²) in [6, 6.07) is 11.7. The van der Waals surface area contributed by atoms with Gasteiger partial charge in [0.2, 0.25) is 0 Å². The molecule has 1 fully saturated rings. The molecule has 0 aliphatic carbocycles. The van der Waals surface area contributed by atoms with Gasteiger partial charge in [0, 0.05) is 17.1 Å². The lowest BCUT2D eigenvalue weighted by atomic mass is 10.1. The maximum atomic E-state index is 12.1. The van der Waals surface area contributed by atoms with Crippen LogP contribution in [0.25, 0.3) is 0 Å². The molecule has 1 aliphatic rings. The Morgan fingerprint density at radius 2 is 1.85 bits per heavy atom. The molecule has 2 aromatic carbocycles. The molecule has 3 rings (SSSR count). The molecular weight excluding hydrogens is 456 g/mol. The van der Waals surface area contributed by atoms with Crippen molar-refractivity contribution in [3.05, 3.63) is 65.7 Å². The van der Waals surface area contributed by atoms with Crippen LogP contribution in [0, 0.1) is 0 Å². The minimum absolute atomic E-state index is 0.112. The van der Waals surface area contributed by atoms with E-state index in [1.54, 1.807) is 6.21 Å². The second-order valence-corrected chi connectivity index (χ2v) is 9.81. The molecule has 0 atom stereocenters. The number of amides is 1. The van der Waals surface area contributed by atoms with Crippen LogP contribution in [-0.2, 0) is 11.2 Å². The number of benzene rings is 2. The van der Waals surface area contributed by atoms with Gasteiger partial charge in [-0.1, -0.05) is 18.2 Å². The average Bonchev–Trinajstić information content (AvgIpc) is 3.36. The summed E-state index contributed by atoms with van der Waals surface area (Å²) in [7, 11) is 0. The summed E-state index contributed by atoms with van der Waals surface area (Å²) in [5.74, 6) is 4.06. The quantitative estimate of drug-likeness (QED) is 0.252. The van der Waals surface area contributed by atoms with Gasteiger partial charge in [0.25, 0.3) is 5.91 Å². The number of nitrogens with zero attached hydrogens (tertiary/aromatic N) is 1. The number of hydrogen-bond acceptors (Lipinski definition) is 7. The molecule has 0 radical (unpaired) electrons. The highest BCUT2D eigenvalue weighted by molar-refractivity contribution is 8.19. The lowest BCUT2D eigenvalue weighted by molar-refractivity contribution is -0.123.